The number of rotatable bonds is 8. The lowest BCUT2D eigenvalue weighted by Gasteiger charge is -2.26. The van der Waals surface area contributed by atoms with Crippen molar-refractivity contribution in [1.29, 1.82) is 0 Å². The minimum absolute atomic E-state index is 0.173. The first-order chi connectivity index (χ1) is 22.0. The summed E-state index contributed by atoms with van der Waals surface area (Å²) in [6, 6.07) is 27.4. The zero-order valence-electron chi connectivity index (χ0n) is 24.2. The Bertz CT molecular complexity index is 2230. The largest absolute Gasteiger partial charge is 0.497 e. The summed E-state index contributed by atoms with van der Waals surface area (Å²) in [4.78, 5) is 41.0. The maximum absolute atomic E-state index is 14.1. The van der Waals surface area contributed by atoms with E-state index in [-0.39, 0.29) is 17.7 Å². The first-order valence-electron chi connectivity index (χ1n) is 14.2. The summed E-state index contributed by atoms with van der Waals surface area (Å²) in [6.07, 6.45) is 1.70. The Morgan fingerprint density at radius 3 is 2.69 bits per heavy atom. The predicted molar refractivity (Wildman–Crippen MR) is 173 cm³/mol. The van der Waals surface area contributed by atoms with E-state index in [0.717, 1.165) is 16.6 Å². The molecule has 224 valence electrons. The van der Waals surface area contributed by atoms with Gasteiger partial charge in [0.2, 0.25) is 0 Å². The van der Waals surface area contributed by atoms with Gasteiger partial charge >= 0.3 is 5.97 Å². The van der Waals surface area contributed by atoms with Crippen molar-refractivity contribution in [3.05, 3.63) is 133 Å². The van der Waals surface area contributed by atoms with Gasteiger partial charge in [0.15, 0.2) is 15.1 Å². The predicted octanol–water partition coefficient (Wildman–Crippen LogP) is 5.56. The molecule has 0 fully saturated rings. The molecule has 45 heavy (non-hydrogen) atoms. The van der Waals surface area contributed by atoms with E-state index in [1.807, 2.05) is 91.0 Å². The average molecular weight is 635 g/mol. The topological polar surface area (TPSA) is 112 Å². The molecule has 0 bridgehead atoms. The quantitative estimate of drug-likeness (QED) is 0.218. The number of para-hydroxylation sites is 2. The Hall–Kier alpha value is -5.13. The van der Waals surface area contributed by atoms with Gasteiger partial charge in [-0.15, -0.1) is 0 Å². The number of furan rings is 1. The number of hydrogen-bond donors (Lipinski definition) is 1. The third kappa shape index (κ3) is 5.52. The zero-order valence-corrected chi connectivity index (χ0v) is 25.9. The van der Waals surface area contributed by atoms with Crippen LogP contribution in [0.15, 0.2) is 121 Å². The van der Waals surface area contributed by atoms with Crippen LogP contribution in [0.3, 0.4) is 0 Å². The number of imidazole rings is 1. The molecule has 0 spiro atoms. The van der Waals surface area contributed by atoms with Crippen LogP contribution >= 0.6 is 23.1 Å². The van der Waals surface area contributed by atoms with Crippen LogP contribution in [0, 0.1) is 0 Å². The molecule has 9 nitrogen and oxygen atoms in total. The van der Waals surface area contributed by atoms with Crippen LogP contribution < -0.4 is 19.6 Å². The van der Waals surface area contributed by atoms with Crippen LogP contribution in [0.5, 0.6) is 5.75 Å². The second-order valence-corrected chi connectivity index (χ2v) is 12.0. The lowest BCUT2D eigenvalue weighted by Crippen LogP contribution is -2.40. The number of esters is 1. The Kier molecular flexibility index (Phi) is 7.70. The van der Waals surface area contributed by atoms with Crippen molar-refractivity contribution in [3.63, 3.8) is 0 Å². The number of carbonyl (C=O) groups excluding carboxylic acids is 1. The fraction of sp³-hybridized carbons (Fsp3) is 0.118. The molecule has 1 aliphatic heterocycles. The minimum Gasteiger partial charge on any atom is -0.497 e. The van der Waals surface area contributed by atoms with Crippen LogP contribution in [-0.2, 0) is 9.53 Å². The Labute approximate surface area is 265 Å². The fourth-order valence-electron chi connectivity index (χ4n) is 5.24. The summed E-state index contributed by atoms with van der Waals surface area (Å²) < 4.78 is 19.1. The van der Waals surface area contributed by atoms with Crippen LogP contribution in [0.4, 0.5) is 0 Å². The molecule has 1 atom stereocenters. The number of nitrogens with one attached hydrogen (secondary N) is 1. The van der Waals surface area contributed by atoms with E-state index in [2.05, 4.69) is 9.97 Å². The molecule has 3 aromatic carbocycles. The molecule has 0 aliphatic carbocycles. The van der Waals surface area contributed by atoms with Crippen LogP contribution in [0.2, 0.25) is 0 Å². The number of ether oxygens (including phenoxy) is 2. The Morgan fingerprint density at radius 1 is 1.07 bits per heavy atom. The van der Waals surface area contributed by atoms with Crippen LogP contribution in [0.25, 0.3) is 22.8 Å². The molecule has 1 aliphatic rings. The van der Waals surface area contributed by atoms with E-state index >= 15 is 0 Å². The molecule has 0 amide bonds. The molecular weight excluding hydrogens is 609 g/mol. The number of nitrogens with zero attached hydrogens (tertiary/aromatic N) is 3. The summed E-state index contributed by atoms with van der Waals surface area (Å²) >= 11 is 2.59. The molecule has 0 radical (unpaired) electrons. The van der Waals surface area contributed by atoms with Gasteiger partial charge in [-0.25, -0.2) is 14.8 Å². The van der Waals surface area contributed by atoms with Crippen molar-refractivity contribution in [1.82, 2.24) is 14.5 Å². The van der Waals surface area contributed by atoms with Crippen molar-refractivity contribution in [2.24, 2.45) is 4.99 Å². The summed E-state index contributed by atoms with van der Waals surface area (Å²) in [5.41, 5.74) is 3.67. The van der Waals surface area contributed by atoms with E-state index in [4.69, 9.17) is 18.9 Å². The average Bonchev–Trinajstić information content (AvgIpc) is 3.77. The minimum atomic E-state index is -0.802. The van der Waals surface area contributed by atoms with Crippen molar-refractivity contribution in [3.8, 4) is 5.75 Å². The molecule has 7 rings (SSSR count). The number of aromatic amines is 1. The molecule has 4 heterocycles. The van der Waals surface area contributed by atoms with Gasteiger partial charge in [0.1, 0.15) is 11.5 Å². The standard InChI is InChI=1S/C34H26N4O5S2/c1-3-42-32(40)28-29(20-10-5-4-6-11-20)37-34-38(30(28)21-12-9-13-22(18-21)41-2)31(39)26(44-34)19-23-16-17-27(43-23)45-33-35-24-14-7-8-15-25(24)36-33/h4-19,30H,3H2,1-2H3,(H,35,36)/b26-19+/t30-/m1/s1. The first-order valence-corrected chi connectivity index (χ1v) is 15.8. The highest BCUT2D eigenvalue weighted by molar-refractivity contribution is 7.99. The van der Waals surface area contributed by atoms with E-state index in [9.17, 15) is 9.59 Å². The number of methoxy groups -OCH3 is 1. The smallest absolute Gasteiger partial charge is 0.338 e. The van der Waals surface area contributed by atoms with Crippen molar-refractivity contribution in [2.75, 3.05) is 13.7 Å². The fourth-order valence-corrected chi connectivity index (χ4v) is 6.99. The summed E-state index contributed by atoms with van der Waals surface area (Å²) in [7, 11) is 1.58. The second kappa shape index (κ2) is 12.1. The number of benzene rings is 3. The number of H-pyrrole nitrogens is 1. The van der Waals surface area contributed by atoms with Gasteiger partial charge in [0, 0.05) is 11.6 Å². The van der Waals surface area contributed by atoms with Crippen molar-refractivity contribution >= 4 is 51.9 Å². The van der Waals surface area contributed by atoms with Gasteiger partial charge in [-0.1, -0.05) is 65.9 Å². The van der Waals surface area contributed by atoms with Gasteiger partial charge in [-0.05, 0) is 60.6 Å². The Morgan fingerprint density at radius 2 is 1.89 bits per heavy atom. The highest BCUT2D eigenvalue weighted by Crippen LogP contribution is 2.36. The maximum atomic E-state index is 14.1. The zero-order chi connectivity index (χ0) is 30.9. The molecule has 3 aromatic heterocycles. The van der Waals surface area contributed by atoms with Gasteiger partial charge in [-0.3, -0.25) is 9.36 Å². The van der Waals surface area contributed by atoms with Crippen LogP contribution in [0.1, 0.15) is 29.9 Å². The van der Waals surface area contributed by atoms with Gasteiger partial charge < -0.3 is 18.9 Å². The lowest BCUT2D eigenvalue weighted by molar-refractivity contribution is -0.138. The summed E-state index contributed by atoms with van der Waals surface area (Å²) in [5.74, 6) is 0.561. The van der Waals surface area contributed by atoms with E-state index < -0.39 is 12.0 Å². The van der Waals surface area contributed by atoms with E-state index in [0.29, 0.717) is 42.4 Å². The molecule has 0 saturated carbocycles. The molecule has 0 saturated heterocycles. The van der Waals surface area contributed by atoms with Gasteiger partial charge in [0.25, 0.3) is 5.56 Å². The van der Waals surface area contributed by atoms with Gasteiger partial charge in [0.05, 0.1) is 46.6 Å². The molecule has 6 aromatic rings. The third-order valence-corrected chi connectivity index (χ3v) is 9.01. The molecular formula is C34H26N4O5S2. The molecule has 0 unspecified atom stereocenters. The highest BCUT2D eigenvalue weighted by atomic mass is 32.2. The van der Waals surface area contributed by atoms with Gasteiger partial charge in [-0.2, -0.15) is 0 Å². The number of aromatic nitrogens is 3. The highest BCUT2D eigenvalue weighted by Gasteiger charge is 2.35. The van der Waals surface area contributed by atoms with E-state index in [1.54, 1.807) is 24.7 Å². The van der Waals surface area contributed by atoms with Crippen molar-refractivity contribution in [2.45, 2.75) is 23.2 Å². The first kappa shape index (κ1) is 28.6. The summed E-state index contributed by atoms with van der Waals surface area (Å²) in [6.45, 7) is 1.92. The SMILES string of the molecule is CCOC(=O)C1=C(c2ccccc2)N=c2s/c(=C/c3ccc(Sc4nc5ccccc5[nH]4)o3)c(=O)n2[C@@H]1c1cccc(OC)c1. The number of carbonyl (C=O) groups is 1. The number of fused-ring (bicyclic) bond motifs is 2. The lowest BCUT2D eigenvalue weighted by atomic mass is 9.93. The van der Waals surface area contributed by atoms with Crippen molar-refractivity contribution < 1.29 is 18.7 Å². The molecule has 1 N–H and O–H groups in total. The number of thiazole rings is 1. The van der Waals surface area contributed by atoms with Crippen LogP contribution in [-0.4, -0.2) is 34.2 Å². The number of hydrogen-bond acceptors (Lipinski definition) is 9. The third-order valence-electron chi connectivity index (χ3n) is 7.22. The normalized spacial score (nSPS) is 14.8. The summed E-state index contributed by atoms with van der Waals surface area (Å²) in [5, 5.41) is 1.33. The monoisotopic (exact) mass is 634 g/mol. The molecule has 11 heteroatoms. The van der Waals surface area contributed by atoms with E-state index in [1.165, 1.54) is 23.1 Å². The Balaban J connectivity index is 1.35. The second-order valence-electron chi connectivity index (χ2n) is 10.0. The maximum Gasteiger partial charge on any atom is 0.338 e.